The van der Waals surface area contributed by atoms with Crippen LogP contribution in [0.25, 0.3) is 0 Å². The van der Waals surface area contributed by atoms with E-state index in [0.717, 1.165) is 43.5 Å². The zero-order valence-corrected chi connectivity index (χ0v) is 13.9. The van der Waals surface area contributed by atoms with Gasteiger partial charge < -0.3 is 10.2 Å². The number of anilines is 2. The maximum atomic E-state index is 4.80. The predicted octanol–water partition coefficient (Wildman–Crippen LogP) is 3.15. The number of thioether (sulfide) groups is 1. The number of nitrogens with one attached hydrogen (secondary N) is 1. The fourth-order valence-electron chi connectivity index (χ4n) is 2.07. The molecular weight excluding hydrogens is 268 g/mol. The lowest BCUT2D eigenvalue weighted by molar-refractivity contribution is 0.544. The van der Waals surface area contributed by atoms with Gasteiger partial charge in [0.05, 0.1) is 0 Å². The Hall–Kier alpha value is -0.970. The van der Waals surface area contributed by atoms with Gasteiger partial charge in [-0.2, -0.15) is 11.8 Å². The summed E-state index contributed by atoms with van der Waals surface area (Å²) in [5.41, 5.74) is -0.0246. The van der Waals surface area contributed by atoms with Crippen molar-refractivity contribution in [3.8, 4) is 0 Å². The van der Waals surface area contributed by atoms with E-state index in [-0.39, 0.29) is 5.41 Å². The van der Waals surface area contributed by atoms with Crippen molar-refractivity contribution in [3.63, 3.8) is 0 Å². The summed E-state index contributed by atoms with van der Waals surface area (Å²) in [6.45, 7) is 11.8. The minimum atomic E-state index is -0.0246. The summed E-state index contributed by atoms with van der Waals surface area (Å²) in [5, 5.41) is 3.40. The standard InChI is InChI=1S/C15H26N4S/c1-5-6-16-12-11-13(19-7-9-20-10-8-19)18-14(17-12)15(2,3)4/h11H,5-10H2,1-4H3,(H,16,17,18). The number of nitrogens with zero attached hydrogens (tertiary/aromatic N) is 3. The van der Waals surface area contributed by atoms with E-state index in [1.54, 1.807) is 0 Å². The second-order valence-electron chi connectivity index (χ2n) is 6.21. The molecule has 2 rings (SSSR count). The molecule has 1 aromatic rings. The monoisotopic (exact) mass is 294 g/mol. The maximum Gasteiger partial charge on any atom is 0.138 e. The van der Waals surface area contributed by atoms with Gasteiger partial charge in [-0.25, -0.2) is 9.97 Å². The third-order valence-electron chi connectivity index (χ3n) is 3.27. The summed E-state index contributed by atoms with van der Waals surface area (Å²) < 4.78 is 0. The van der Waals surface area contributed by atoms with E-state index in [1.165, 1.54) is 11.5 Å². The Balaban J connectivity index is 2.29. The first-order chi connectivity index (χ1) is 9.50. The topological polar surface area (TPSA) is 41.0 Å². The molecule has 112 valence electrons. The van der Waals surface area contributed by atoms with Crippen molar-refractivity contribution < 1.29 is 0 Å². The third-order valence-corrected chi connectivity index (χ3v) is 4.22. The Morgan fingerprint density at radius 2 is 1.95 bits per heavy atom. The van der Waals surface area contributed by atoms with Crippen LogP contribution in [0.2, 0.25) is 0 Å². The molecule has 0 radical (unpaired) electrons. The Kier molecular flexibility index (Phi) is 5.13. The molecule has 0 aliphatic carbocycles. The van der Waals surface area contributed by atoms with E-state index in [9.17, 15) is 0 Å². The van der Waals surface area contributed by atoms with Crippen molar-refractivity contribution in [1.29, 1.82) is 0 Å². The average molecular weight is 294 g/mol. The van der Waals surface area contributed by atoms with Gasteiger partial charge in [0.25, 0.3) is 0 Å². The fraction of sp³-hybridized carbons (Fsp3) is 0.733. The SMILES string of the molecule is CCCNc1cc(N2CCSCC2)nc(C(C)(C)C)n1. The first kappa shape index (κ1) is 15.4. The van der Waals surface area contributed by atoms with E-state index in [0.29, 0.717) is 0 Å². The van der Waals surface area contributed by atoms with Crippen LogP contribution in [0.4, 0.5) is 11.6 Å². The zero-order valence-electron chi connectivity index (χ0n) is 13.1. The molecule has 5 heteroatoms. The van der Waals surface area contributed by atoms with E-state index < -0.39 is 0 Å². The quantitative estimate of drug-likeness (QED) is 0.924. The molecule has 1 aliphatic heterocycles. The summed E-state index contributed by atoms with van der Waals surface area (Å²) >= 11 is 2.02. The molecule has 2 heterocycles. The molecule has 4 nitrogen and oxygen atoms in total. The van der Waals surface area contributed by atoms with Crippen LogP contribution in [0.15, 0.2) is 6.07 Å². The summed E-state index contributed by atoms with van der Waals surface area (Å²) in [4.78, 5) is 11.9. The van der Waals surface area contributed by atoms with Crippen molar-refractivity contribution in [3.05, 3.63) is 11.9 Å². The normalized spacial score (nSPS) is 16.3. The van der Waals surface area contributed by atoms with Crippen LogP contribution in [-0.4, -0.2) is 41.1 Å². The third kappa shape index (κ3) is 4.01. The molecule has 1 fully saturated rings. The van der Waals surface area contributed by atoms with E-state index in [4.69, 9.17) is 4.98 Å². The molecule has 0 amide bonds. The minimum absolute atomic E-state index is 0.0246. The van der Waals surface area contributed by atoms with Crippen LogP contribution in [-0.2, 0) is 5.41 Å². The molecule has 0 bridgehead atoms. The second kappa shape index (κ2) is 6.66. The van der Waals surface area contributed by atoms with Crippen molar-refractivity contribution in [2.45, 2.75) is 39.5 Å². The molecule has 20 heavy (non-hydrogen) atoms. The van der Waals surface area contributed by atoms with E-state index in [1.807, 2.05) is 11.8 Å². The van der Waals surface area contributed by atoms with Gasteiger partial charge in [-0.1, -0.05) is 27.7 Å². The number of rotatable bonds is 4. The highest BCUT2D eigenvalue weighted by molar-refractivity contribution is 7.99. The summed E-state index contributed by atoms with van der Waals surface area (Å²) in [7, 11) is 0. The molecule has 1 aliphatic rings. The maximum absolute atomic E-state index is 4.80. The Morgan fingerprint density at radius 1 is 1.25 bits per heavy atom. The predicted molar refractivity (Wildman–Crippen MR) is 89.1 cm³/mol. The molecule has 1 saturated heterocycles. The van der Waals surface area contributed by atoms with Gasteiger partial charge in [-0.05, 0) is 6.42 Å². The van der Waals surface area contributed by atoms with Crippen LogP contribution in [0.3, 0.4) is 0 Å². The van der Waals surface area contributed by atoms with Gasteiger partial charge in [0.2, 0.25) is 0 Å². The molecule has 1 aromatic heterocycles. The summed E-state index contributed by atoms with van der Waals surface area (Å²) in [6.07, 6.45) is 1.10. The lowest BCUT2D eigenvalue weighted by Gasteiger charge is -2.29. The molecule has 0 spiro atoms. The van der Waals surface area contributed by atoms with E-state index >= 15 is 0 Å². The van der Waals surface area contributed by atoms with Crippen LogP contribution >= 0.6 is 11.8 Å². The van der Waals surface area contributed by atoms with Crippen LogP contribution in [0.5, 0.6) is 0 Å². The second-order valence-corrected chi connectivity index (χ2v) is 7.44. The van der Waals surface area contributed by atoms with Crippen molar-refractivity contribution >= 4 is 23.4 Å². The van der Waals surface area contributed by atoms with Crippen LogP contribution in [0.1, 0.15) is 39.9 Å². The van der Waals surface area contributed by atoms with Crippen molar-refractivity contribution in [2.75, 3.05) is 41.4 Å². The van der Waals surface area contributed by atoms with Gasteiger partial charge in [0.1, 0.15) is 17.5 Å². The molecule has 0 saturated carbocycles. The number of hydrogen-bond acceptors (Lipinski definition) is 5. The summed E-state index contributed by atoms with van der Waals surface area (Å²) in [6, 6.07) is 2.10. The van der Waals surface area contributed by atoms with E-state index in [2.05, 4.69) is 49.0 Å². The molecule has 0 atom stereocenters. The minimum Gasteiger partial charge on any atom is -0.370 e. The number of hydrogen-bond donors (Lipinski definition) is 1. The van der Waals surface area contributed by atoms with Crippen LogP contribution in [0, 0.1) is 0 Å². The molecule has 0 aromatic carbocycles. The van der Waals surface area contributed by atoms with Gasteiger partial charge in [0.15, 0.2) is 0 Å². The smallest absolute Gasteiger partial charge is 0.138 e. The molecular formula is C15H26N4S. The molecule has 1 N–H and O–H groups in total. The molecule has 0 unspecified atom stereocenters. The van der Waals surface area contributed by atoms with Crippen LogP contribution < -0.4 is 10.2 Å². The van der Waals surface area contributed by atoms with Gasteiger partial charge in [-0.15, -0.1) is 0 Å². The van der Waals surface area contributed by atoms with Crippen molar-refractivity contribution in [2.24, 2.45) is 0 Å². The lowest BCUT2D eigenvalue weighted by atomic mass is 9.96. The zero-order chi connectivity index (χ0) is 14.6. The Labute approximate surface area is 126 Å². The average Bonchev–Trinajstić information content (AvgIpc) is 2.45. The largest absolute Gasteiger partial charge is 0.370 e. The fourth-order valence-corrected chi connectivity index (χ4v) is 2.97. The first-order valence-corrected chi connectivity index (χ1v) is 8.62. The van der Waals surface area contributed by atoms with Crippen molar-refractivity contribution in [1.82, 2.24) is 9.97 Å². The highest BCUT2D eigenvalue weighted by Crippen LogP contribution is 2.25. The van der Waals surface area contributed by atoms with Gasteiger partial charge >= 0.3 is 0 Å². The van der Waals surface area contributed by atoms with Gasteiger partial charge in [-0.3, -0.25) is 0 Å². The van der Waals surface area contributed by atoms with Gasteiger partial charge in [0, 0.05) is 42.6 Å². The summed E-state index contributed by atoms with van der Waals surface area (Å²) in [5.74, 6) is 5.33. The lowest BCUT2D eigenvalue weighted by Crippen LogP contribution is -2.34. The highest BCUT2D eigenvalue weighted by atomic mass is 32.2. The first-order valence-electron chi connectivity index (χ1n) is 7.47. The number of aromatic nitrogens is 2. The highest BCUT2D eigenvalue weighted by Gasteiger charge is 2.21. The Bertz CT molecular complexity index is 436. The Morgan fingerprint density at radius 3 is 2.55 bits per heavy atom.